The predicted molar refractivity (Wildman–Crippen MR) is 34.0 cm³/mol. The van der Waals surface area contributed by atoms with Gasteiger partial charge in [-0.15, -0.1) is 0 Å². The molecule has 0 aromatic carbocycles. The first-order chi connectivity index (χ1) is 4.19. The van der Waals surface area contributed by atoms with Crippen LogP contribution in [0, 0.1) is 0 Å². The van der Waals surface area contributed by atoms with E-state index in [2.05, 4.69) is 6.58 Å². The highest BCUT2D eigenvalue weighted by Crippen LogP contribution is 2.26. The Balaban J connectivity index is 2.78. The van der Waals surface area contributed by atoms with Crippen molar-refractivity contribution in [2.45, 2.75) is 24.9 Å². The average molecular weight is 126 g/mol. The molecule has 0 unspecified atom stereocenters. The van der Waals surface area contributed by atoms with E-state index in [1.165, 1.54) is 6.08 Å². The summed E-state index contributed by atoms with van der Waals surface area (Å²) in [5.41, 5.74) is -1.18. The number of Topliss-reactive ketones (excluding diaryl/α,β-unsaturated/α-hetero) is 1. The second kappa shape index (κ2) is 1.95. The van der Waals surface area contributed by atoms with Crippen LogP contribution >= 0.6 is 0 Å². The van der Waals surface area contributed by atoms with Crippen molar-refractivity contribution >= 4 is 5.78 Å². The minimum absolute atomic E-state index is 0.0856. The van der Waals surface area contributed by atoms with Gasteiger partial charge in [-0.1, -0.05) is 12.7 Å². The molecule has 0 bridgehead atoms. The first-order valence-electron chi connectivity index (χ1n) is 3.08. The topological polar surface area (TPSA) is 37.3 Å². The van der Waals surface area contributed by atoms with E-state index in [0.29, 0.717) is 12.8 Å². The zero-order valence-corrected chi connectivity index (χ0v) is 5.26. The summed E-state index contributed by atoms with van der Waals surface area (Å²) in [6.07, 6.45) is 3.18. The summed E-state index contributed by atoms with van der Waals surface area (Å²) in [6, 6.07) is 0. The van der Waals surface area contributed by atoms with Crippen LogP contribution in [0.15, 0.2) is 12.7 Å². The molecule has 2 heteroatoms. The van der Waals surface area contributed by atoms with Crippen LogP contribution in [0.2, 0.25) is 0 Å². The molecule has 1 fully saturated rings. The molecule has 0 heterocycles. The van der Waals surface area contributed by atoms with Crippen LogP contribution in [-0.2, 0) is 4.79 Å². The quantitative estimate of drug-likeness (QED) is 0.524. The molecule has 0 aliphatic heterocycles. The van der Waals surface area contributed by atoms with Crippen LogP contribution in [0.4, 0.5) is 0 Å². The third kappa shape index (κ3) is 0.900. The summed E-state index contributed by atoms with van der Waals surface area (Å²) in [6.45, 7) is 3.39. The fourth-order valence-corrected chi connectivity index (χ4v) is 1.09. The summed E-state index contributed by atoms with van der Waals surface area (Å²) in [4.78, 5) is 10.8. The summed E-state index contributed by atoms with van der Waals surface area (Å²) in [7, 11) is 0. The van der Waals surface area contributed by atoms with Crippen molar-refractivity contribution in [3.8, 4) is 0 Å². The van der Waals surface area contributed by atoms with Gasteiger partial charge in [-0.3, -0.25) is 4.79 Å². The van der Waals surface area contributed by atoms with Crippen LogP contribution in [0.1, 0.15) is 19.3 Å². The molecule has 1 aliphatic rings. The second-order valence-corrected chi connectivity index (χ2v) is 2.41. The number of carbonyl (C=O) groups is 1. The van der Waals surface area contributed by atoms with E-state index >= 15 is 0 Å². The van der Waals surface area contributed by atoms with Gasteiger partial charge < -0.3 is 5.11 Å². The molecule has 0 spiro atoms. The lowest BCUT2D eigenvalue weighted by Gasteiger charge is -2.12. The monoisotopic (exact) mass is 126 g/mol. The van der Waals surface area contributed by atoms with Crippen LogP contribution in [0.25, 0.3) is 0 Å². The molecule has 1 aliphatic carbocycles. The highest BCUT2D eigenvalue weighted by molar-refractivity contribution is 5.90. The Morgan fingerprint density at radius 1 is 1.78 bits per heavy atom. The smallest absolute Gasteiger partial charge is 0.168 e. The second-order valence-electron chi connectivity index (χ2n) is 2.41. The van der Waals surface area contributed by atoms with Crippen molar-refractivity contribution in [1.29, 1.82) is 0 Å². The van der Waals surface area contributed by atoms with E-state index < -0.39 is 5.60 Å². The van der Waals surface area contributed by atoms with Crippen molar-refractivity contribution in [2.24, 2.45) is 0 Å². The van der Waals surface area contributed by atoms with E-state index in [-0.39, 0.29) is 5.78 Å². The standard InChI is InChI=1S/C7H10O2/c1-2-7(9)5-3-4-6(7)8/h2,9H,1,3-5H2/t7-/m0/s1. The normalized spacial score (nSPS) is 35.0. The zero-order valence-electron chi connectivity index (χ0n) is 5.26. The van der Waals surface area contributed by atoms with Crippen molar-refractivity contribution in [3.63, 3.8) is 0 Å². The summed E-state index contributed by atoms with van der Waals surface area (Å²) < 4.78 is 0. The van der Waals surface area contributed by atoms with Gasteiger partial charge in [0.05, 0.1) is 0 Å². The van der Waals surface area contributed by atoms with Gasteiger partial charge >= 0.3 is 0 Å². The number of hydrogen-bond donors (Lipinski definition) is 1. The summed E-state index contributed by atoms with van der Waals surface area (Å²) in [5.74, 6) is -0.0856. The molecule has 0 aromatic rings. The first kappa shape index (κ1) is 6.49. The van der Waals surface area contributed by atoms with Gasteiger partial charge in [-0.05, 0) is 12.8 Å². The molecule has 0 amide bonds. The minimum atomic E-state index is -1.18. The van der Waals surface area contributed by atoms with E-state index in [1.54, 1.807) is 0 Å². The van der Waals surface area contributed by atoms with Gasteiger partial charge in [0.15, 0.2) is 5.78 Å². The number of aliphatic hydroxyl groups is 1. The largest absolute Gasteiger partial charge is 0.378 e. The van der Waals surface area contributed by atoms with Crippen molar-refractivity contribution in [2.75, 3.05) is 0 Å². The highest BCUT2D eigenvalue weighted by atomic mass is 16.3. The maximum atomic E-state index is 10.8. The molecule has 0 saturated heterocycles. The Morgan fingerprint density at radius 2 is 2.44 bits per heavy atom. The van der Waals surface area contributed by atoms with Gasteiger partial charge in [0.1, 0.15) is 5.60 Å². The lowest BCUT2D eigenvalue weighted by atomic mass is 10.0. The predicted octanol–water partition coefficient (Wildman–Crippen LogP) is 0.656. The molecular formula is C7H10O2. The molecule has 50 valence electrons. The molecule has 1 atom stereocenters. The molecule has 0 radical (unpaired) electrons. The van der Waals surface area contributed by atoms with E-state index in [4.69, 9.17) is 0 Å². The number of carbonyl (C=O) groups excluding carboxylic acids is 1. The Bertz CT molecular complexity index is 151. The highest BCUT2D eigenvalue weighted by Gasteiger charge is 2.36. The third-order valence-electron chi connectivity index (χ3n) is 1.78. The lowest BCUT2D eigenvalue weighted by Crippen LogP contribution is -2.29. The fraction of sp³-hybridized carbons (Fsp3) is 0.571. The van der Waals surface area contributed by atoms with Gasteiger partial charge in [0, 0.05) is 6.42 Å². The Kier molecular flexibility index (Phi) is 1.41. The van der Waals surface area contributed by atoms with Gasteiger partial charge in [0.25, 0.3) is 0 Å². The van der Waals surface area contributed by atoms with Gasteiger partial charge in [0.2, 0.25) is 0 Å². The van der Waals surface area contributed by atoms with Crippen LogP contribution < -0.4 is 0 Å². The molecule has 9 heavy (non-hydrogen) atoms. The Labute approximate surface area is 54.2 Å². The third-order valence-corrected chi connectivity index (χ3v) is 1.78. The Morgan fingerprint density at radius 3 is 2.67 bits per heavy atom. The SMILES string of the molecule is C=C[C@]1(O)CCCC1=O. The van der Waals surface area contributed by atoms with Gasteiger partial charge in [-0.2, -0.15) is 0 Å². The molecule has 1 N–H and O–H groups in total. The first-order valence-corrected chi connectivity index (χ1v) is 3.08. The van der Waals surface area contributed by atoms with Crippen LogP contribution in [0.5, 0.6) is 0 Å². The number of hydrogen-bond acceptors (Lipinski definition) is 2. The molecular weight excluding hydrogens is 116 g/mol. The van der Waals surface area contributed by atoms with Crippen LogP contribution in [-0.4, -0.2) is 16.5 Å². The number of rotatable bonds is 1. The summed E-state index contributed by atoms with van der Waals surface area (Å²) in [5, 5.41) is 9.30. The van der Waals surface area contributed by atoms with Gasteiger partial charge in [-0.25, -0.2) is 0 Å². The van der Waals surface area contributed by atoms with Crippen molar-refractivity contribution in [3.05, 3.63) is 12.7 Å². The van der Waals surface area contributed by atoms with E-state index in [9.17, 15) is 9.90 Å². The number of ketones is 1. The molecule has 0 aromatic heterocycles. The maximum absolute atomic E-state index is 10.8. The Hall–Kier alpha value is -0.630. The summed E-state index contributed by atoms with van der Waals surface area (Å²) >= 11 is 0. The lowest BCUT2D eigenvalue weighted by molar-refractivity contribution is -0.129. The van der Waals surface area contributed by atoms with E-state index in [0.717, 1.165) is 6.42 Å². The maximum Gasteiger partial charge on any atom is 0.168 e. The van der Waals surface area contributed by atoms with Crippen LogP contribution in [0.3, 0.4) is 0 Å². The molecule has 1 saturated carbocycles. The molecule has 1 rings (SSSR count). The molecule has 2 nitrogen and oxygen atoms in total. The zero-order chi connectivity index (χ0) is 6.91. The fourth-order valence-electron chi connectivity index (χ4n) is 1.09. The van der Waals surface area contributed by atoms with Crippen molar-refractivity contribution in [1.82, 2.24) is 0 Å². The average Bonchev–Trinajstić information content (AvgIpc) is 2.15. The minimum Gasteiger partial charge on any atom is -0.378 e. The van der Waals surface area contributed by atoms with Crippen molar-refractivity contribution < 1.29 is 9.90 Å². The van der Waals surface area contributed by atoms with E-state index in [1.807, 2.05) is 0 Å².